The molecule has 2 saturated carbocycles. The summed E-state index contributed by atoms with van der Waals surface area (Å²) in [6.45, 7) is 4.32. The molecule has 0 radical (unpaired) electrons. The Labute approximate surface area is 138 Å². The fourth-order valence-corrected chi connectivity index (χ4v) is 4.90. The van der Waals surface area contributed by atoms with E-state index < -0.39 is 0 Å². The van der Waals surface area contributed by atoms with Gasteiger partial charge in [0.25, 0.3) is 0 Å². The first-order valence-corrected chi connectivity index (χ1v) is 8.79. The minimum atomic E-state index is -0.341. The zero-order valence-corrected chi connectivity index (χ0v) is 13.9. The Balaban J connectivity index is 1.85. The molecule has 3 aliphatic carbocycles. The zero-order valence-electron chi connectivity index (χ0n) is 13.9. The molecule has 2 heteroatoms. The normalized spacial score (nSPS) is 38.3. The van der Waals surface area contributed by atoms with E-state index in [4.69, 9.17) is 0 Å². The van der Waals surface area contributed by atoms with Gasteiger partial charge in [-0.25, -0.2) is 0 Å². The van der Waals surface area contributed by atoms with E-state index in [0.717, 1.165) is 19.3 Å². The van der Waals surface area contributed by atoms with E-state index in [2.05, 4.69) is 50.3 Å². The highest BCUT2D eigenvalue weighted by Gasteiger charge is 2.49. The molecule has 1 aromatic carbocycles. The van der Waals surface area contributed by atoms with Gasteiger partial charge in [-0.05, 0) is 30.2 Å². The molecule has 5 atom stereocenters. The third kappa shape index (κ3) is 2.40. The number of hydrogen-bond acceptors (Lipinski definition) is 2. The molecule has 0 amide bonds. The van der Waals surface area contributed by atoms with Crippen LogP contribution in [-0.4, -0.2) is 22.4 Å². The van der Waals surface area contributed by atoms with Crippen molar-refractivity contribution in [3.05, 3.63) is 59.2 Å². The highest BCUT2D eigenvalue weighted by molar-refractivity contribution is 5.40. The largest absolute Gasteiger partial charge is 0.392 e. The monoisotopic (exact) mass is 310 g/mol. The Bertz CT molecular complexity index is 656. The molecule has 1 aromatic rings. The summed E-state index contributed by atoms with van der Waals surface area (Å²) in [6, 6.07) is 10.5. The van der Waals surface area contributed by atoms with Crippen LogP contribution in [0.25, 0.3) is 0 Å². The Morgan fingerprint density at radius 2 is 1.65 bits per heavy atom. The van der Waals surface area contributed by atoms with Crippen molar-refractivity contribution in [1.29, 1.82) is 0 Å². The van der Waals surface area contributed by atoms with Gasteiger partial charge >= 0.3 is 0 Å². The van der Waals surface area contributed by atoms with Crippen molar-refractivity contribution in [2.75, 3.05) is 0 Å². The Kier molecular flexibility index (Phi) is 3.51. The predicted octanol–water partition coefficient (Wildman–Crippen LogP) is 3.81. The fraction of sp³-hybridized carbons (Fsp3) is 0.524. The van der Waals surface area contributed by atoms with Crippen molar-refractivity contribution in [2.24, 2.45) is 17.3 Å². The molecular formula is C21H26O2. The van der Waals surface area contributed by atoms with Gasteiger partial charge in [0.05, 0.1) is 12.2 Å². The first-order chi connectivity index (χ1) is 11.0. The van der Waals surface area contributed by atoms with Crippen LogP contribution in [-0.2, 0) is 0 Å². The summed E-state index contributed by atoms with van der Waals surface area (Å²) in [4.78, 5) is 0. The second kappa shape index (κ2) is 5.32. The van der Waals surface area contributed by atoms with Gasteiger partial charge in [-0.2, -0.15) is 0 Å². The fourth-order valence-electron chi connectivity index (χ4n) is 4.90. The number of aliphatic hydroxyl groups is 2. The van der Waals surface area contributed by atoms with E-state index in [9.17, 15) is 10.2 Å². The summed E-state index contributed by atoms with van der Waals surface area (Å²) >= 11 is 0. The molecule has 23 heavy (non-hydrogen) atoms. The molecule has 2 fully saturated rings. The van der Waals surface area contributed by atoms with Gasteiger partial charge in [0.2, 0.25) is 0 Å². The Morgan fingerprint density at radius 3 is 2.39 bits per heavy atom. The van der Waals surface area contributed by atoms with Crippen molar-refractivity contribution in [1.82, 2.24) is 0 Å². The van der Waals surface area contributed by atoms with Gasteiger partial charge in [-0.1, -0.05) is 67.5 Å². The summed E-state index contributed by atoms with van der Waals surface area (Å²) in [7, 11) is 0. The SMILES string of the molecule is CC1(C)CC2=C[C@@H]3C(=C[C@@H](c4ccccc4)[C@H]2[C@@H]1O)CC[C@@H]3O. The van der Waals surface area contributed by atoms with Crippen LogP contribution in [0.5, 0.6) is 0 Å². The molecule has 122 valence electrons. The van der Waals surface area contributed by atoms with Crippen LogP contribution in [0.4, 0.5) is 0 Å². The van der Waals surface area contributed by atoms with Crippen molar-refractivity contribution in [3.8, 4) is 0 Å². The molecule has 2 nitrogen and oxygen atoms in total. The third-order valence-corrected chi connectivity index (χ3v) is 6.16. The van der Waals surface area contributed by atoms with Gasteiger partial charge in [-0.15, -0.1) is 0 Å². The molecule has 0 saturated heterocycles. The number of benzene rings is 1. The smallest absolute Gasteiger partial charge is 0.0668 e. The highest BCUT2D eigenvalue weighted by atomic mass is 16.3. The minimum Gasteiger partial charge on any atom is -0.392 e. The number of aliphatic hydroxyl groups excluding tert-OH is 2. The number of hydrogen-bond donors (Lipinski definition) is 2. The first kappa shape index (κ1) is 15.2. The lowest BCUT2D eigenvalue weighted by Gasteiger charge is -2.29. The van der Waals surface area contributed by atoms with Gasteiger partial charge in [0.1, 0.15) is 0 Å². The molecule has 0 unspecified atom stereocenters. The van der Waals surface area contributed by atoms with Crippen LogP contribution in [0.2, 0.25) is 0 Å². The molecule has 2 N–H and O–H groups in total. The molecule has 0 aromatic heterocycles. The van der Waals surface area contributed by atoms with Gasteiger partial charge in [-0.3, -0.25) is 0 Å². The van der Waals surface area contributed by atoms with Crippen LogP contribution >= 0.6 is 0 Å². The maximum absolute atomic E-state index is 11.0. The molecule has 0 heterocycles. The lowest BCUT2D eigenvalue weighted by Crippen LogP contribution is -2.31. The number of fused-ring (bicyclic) bond motifs is 2. The van der Waals surface area contributed by atoms with E-state index in [0.29, 0.717) is 0 Å². The summed E-state index contributed by atoms with van der Waals surface area (Å²) in [5.41, 5.74) is 3.87. The summed E-state index contributed by atoms with van der Waals surface area (Å²) in [6.07, 6.45) is 6.80. The van der Waals surface area contributed by atoms with Crippen LogP contribution in [0.3, 0.4) is 0 Å². The minimum absolute atomic E-state index is 0.0988. The lowest BCUT2D eigenvalue weighted by molar-refractivity contribution is 0.0441. The van der Waals surface area contributed by atoms with Crippen molar-refractivity contribution < 1.29 is 10.2 Å². The summed E-state index contributed by atoms with van der Waals surface area (Å²) in [5.74, 6) is 0.504. The number of allylic oxidation sites excluding steroid dienone is 1. The second-order valence-corrected chi connectivity index (χ2v) is 8.19. The topological polar surface area (TPSA) is 40.5 Å². The van der Waals surface area contributed by atoms with Crippen LogP contribution in [0.1, 0.15) is 44.6 Å². The Hall–Kier alpha value is -1.38. The highest BCUT2D eigenvalue weighted by Crippen LogP contribution is 2.54. The number of rotatable bonds is 1. The van der Waals surface area contributed by atoms with Crippen LogP contribution in [0, 0.1) is 17.3 Å². The maximum atomic E-state index is 11.0. The Morgan fingerprint density at radius 1 is 0.957 bits per heavy atom. The van der Waals surface area contributed by atoms with E-state index in [1.165, 1.54) is 16.7 Å². The summed E-state index contributed by atoms with van der Waals surface area (Å²) in [5, 5.41) is 21.4. The first-order valence-electron chi connectivity index (χ1n) is 8.79. The predicted molar refractivity (Wildman–Crippen MR) is 92.0 cm³/mol. The third-order valence-electron chi connectivity index (χ3n) is 6.16. The quantitative estimate of drug-likeness (QED) is 0.774. The van der Waals surface area contributed by atoms with E-state index in [1.807, 2.05) is 6.07 Å². The van der Waals surface area contributed by atoms with E-state index in [1.54, 1.807) is 0 Å². The molecule has 4 rings (SSSR count). The molecule has 0 bridgehead atoms. The summed E-state index contributed by atoms with van der Waals surface area (Å²) < 4.78 is 0. The van der Waals surface area contributed by atoms with Crippen molar-refractivity contribution >= 4 is 0 Å². The average Bonchev–Trinajstić information content (AvgIpc) is 2.91. The van der Waals surface area contributed by atoms with E-state index in [-0.39, 0.29) is 35.4 Å². The van der Waals surface area contributed by atoms with E-state index >= 15 is 0 Å². The average molecular weight is 310 g/mol. The second-order valence-electron chi connectivity index (χ2n) is 8.19. The molecule has 0 spiro atoms. The molecule has 3 aliphatic rings. The van der Waals surface area contributed by atoms with Crippen molar-refractivity contribution in [2.45, 2.75) is 51.2 Å². The maximum Gasteiger partial charge on any atom is 0.0668 e. The van der Waals surface area contributed by atoms with Crippen LogP contribution < -0.4 is 0 Å². The standard InChI is InChI=1S/C21H26O2/c1-21(2)12-15-11-16-14(8-9-18(16)22)10-17(19(15)20(21)23)13-6-4-3-5-7-13/h3-7,10-11,16-20,22-23H,8-9,12H2,1-2H3/t16-,17+,18+,19+,20+/m1/s1. The van der Waals surface area contributed by atoms with Gasteiger partial charge < -0.3 is 10.2 Å². The van der Waals surface area contributed by atoms with Gasteiger partial charge in [0.15, 0.2) is 0 Å². The zero-order chi connectivity index (χ0) is 16.2. The van der Waals surface area contributed by atoms with Gasteiger partial charge in [0, 0.05) is 17.8 Å². The van der Waals surface area contributed by atoms with Crippen molar-refractivity contribution in [3.63, 3.8) is 0 Å². The van der Waals surface area contributed by atoms with Crippen LogP contribution in [0.15, 0.2) is 53.6 Å². The molecular weight excluding hydrogens is 284 g/mol. The lowest BCUT2D eigenvalue weighted by atomic mass is 9.78. The molecule has 0 aliphatic heterocycles.